The van der Waals surface area contributed by atoms with E-state index in [9.17, 15) is 0 Å². The molecule has 3 nitrogen and oxygen atoms in total. The molecule has 0 unspecified atom stereocenters. The number of benzene rings is 9. The van der Waals surface area contributed by atoms with E-state index in [1.807, 2.05) is 24.3 Å². The van der Waals surface area contributed by atoms with Crippen molar-refractivity contribution >= 4 is 71.7 Å². The van der Waals surface area contributed by atoms with Crippen molar-refractivity contribution in [1.82, 2.24) is 0 Å². The molecular weight excluding hydrogens is 671 g/mol. The Balaban J connectivity index is 1.01. The Hall–Kier alpha value is -7.36. The van der Waals surface area contributed by atoms with Gasteiger partial charge in [-0.15, -0.1) is 0 Å². The van der Waals surface area contributed by atoms with Crippen LogP contribution in [0.1, 0.15) is 0 Å². The molecule has 9 aromatic carbocycles. The second kappa shape index (κ2) is 12.6. The third-order valence-corrected chi connectivity index (χ3v) is 10.9. The van der Waals surface area contributed by atoms with E-state index in [-0.39, 0.29) is 0 Å². The fraction of sp³-hybridized carbons (Fsp3) is 0. The molecule has 0 aliphatic rings. The third-order valence-electron chi connectivity index (χ3n) is 10.9. The maximum absolute atomic E-state index is 6.41. The van der Waals surface area contributed by atoms with Crippen LogP contribution in [0.4, 0.5) is 17.1 Å². The Kier molecular flexibility index (Phi) is 7.17. The van der Waals surface area contributed by atoms with E-state index in [0.717, 1.165) is 72.1 Å². The van der Waals surface area contributed by atoms with Gasteiger partial charge in [0.05, 0.1) is 11.1 Å². The number of para-hydroxylation sites is 3. The van der Waals surface area contributed by atoms with Crippen molar-refractivity contribution in [1.29, 1.82) is 0 Å². The summed E-state index contributed by atoms with van der Waals surface area (Å²) in [5.74, 6) is 0. The number of fused-ring (bicyclic) bond motifs is 7. The van der Waals surface area contributed by atoms with Crippen LogP contribution in [-0.4, -0.2) is 0 Å². The molecule has 2 heterocycles. The van der Waals surface area contributed by atoms with Crippen LogP contribution >= 0.6 is 0 Å². The standard InChI is InChI=1S/C52H33NO2/c1-2-10-34(11-3-1)37-20-22-40-33-38(21-23-39(40)32-37)35-24-28-41(29-25-35)53(47-16-9-19-50-51(47)46-13-5-7-18-49(46)54-50)42-30-26-36(27-31-42)43-14-8-15-45-44-12-4-6-17-48(44)55-52(43)45/h1-33H. The highest BCUT2D eigenvalue weighted by atomic mass is 16.3. The van der Waals surface area contributed by atoms with Crippen LogP contribution in [0.5, 0.6) is 0 Å². The van der Waals surface area contributed by atoms with Crippen molar-refractivity contribution in [3.63, 3.8) is 0 Å². The number of anilines is 3. The van der Waals surface area contributed by atoms with Crippen LogP contribution in [0.15, 0.2) is 209 Å². The fourth-order valence-corrected chi connectivity index (χ4v) is 8.17. The van der Waals surface area contributed by atoms with E-state index >= 15 is 0 Å². The van der Waals surface area contributed by atoms with Crippen molar-refractivity contribution in [3.05, 3.63) is 200 Å². The van der Waals surface area contributed by atoms with Crippen molar-refractivity contribution in [3.8, 4) is 33.4 Å². The van der Waals surface area contributed by atoms with Gasteiger partial charge in [-0.25, -0.2) is 0 Å². The van der Waals surface area contributed by atoms with Gasteiger partial charge >= 0.3 is 0 Å². The molecule has 0 radical (unpaired) electrons. The van der Waals surface area contributed by atoms with E-state index in [2.05, 4.69) is 181 Å². The number of nitrogens with zero attached hydrogens (tertiary/aromatic N) is 1. The normalized spacial score (nSPS) is 11.6. The maximum Gasteiger partial charge on any atom is 0.143 e. The van der Waals surface area contributed by atoms with Crippen LogP contribution in [0.2, 0.25) is 0 Å². The lowest BCUT2D eigenvalue weighted by Gasteiger charge is -2.26. The molecule has 0 saturated carbocycles. The molecule has 11 aromatic rings. The average Bonchev–Trinajstić information content (AvgIpc) is 3.83. The predicted octanol–water partition coefficient (Wildman–Crippen LogP) is 15.1. The minimum Gasteiger partial charge on any atom is -0.456 e. The van der Waals surface area contributed by atoms with Crippen LogP contribution in [0.25, 0.3) is 88.0 Å². The molecule has 0 amide bonds. The highest BCUT2D eigenvalue weighted by Gasteiger charge is 2.20. The van der Waals surface area contributed by atoms with Crippen LogP contribution in [-0.2, 0) is 0 Å². The molecule has 0 spiro atoms. The van der Waals surface area contributed by atoms with Gasteiger partial charge in [-0.3, -0.25) is 0 Å². The summed E-state index contributed by atoms with van der Waals surface area (Å²) in [5, 5.41) is 6.89. The Bertz CT molecular complexity index is 3190. The van der Waals surface area contributed by atoms with Gasteiger partial charge in [0, 0.05) is 33.1 Å². The molecule has 0 N–H and O–H groups in total. The quantitative estimate of drug-likeness (QED) is 0.173. The van der Waals surface area contributed by atoms with Crippen LogP contribution < -0.4 is 4.90 Å². The largest absolute Gasteiger partial charge is 0.456 e. The zero-order chi connectivity index (χ0) is 36.3. The first-order valence-electron chi connectivity index (χ1n) is 18.7. The van der Waals surface area contributed by atoms with Gasteiger partial charge in [0.2, 0.25) is 0 Å². The lowest BCUT2D eigenvalue weighted by atomic mass is 9.97. The molecule has 0 saturated heterocycles. The van der Waals surface area contributed by atoms with Gasteiger partial charge in [-0.1, -0.05) is 140 Å². The molecule has 0 aliphatic heterocycles. The zero-order valence-electron chi connectivity index (χ0n) is 29.8. The lowest BCUT2D eigenvalue weighted by molar-refractivity contribution is 0.669. The highest BCUT2D eigenvalue weighted by molar-refractivity contribution is 6.13. The second-order valence-electron chi connectivity index (χ2n) is 14.1. The Labute approximate surface area is 317 Å². The first kappa shape index (κ1) is 31.2. The Morgan fingerprint density at radius 2 is 0.855 bits per heavy atom. The molecule has 3 heteroatoms. The van der Waals surface area contributed by atoms with E-state index in [0.29, 0.717) is 0 Å². The van der Waals surface area contributed by atoms with Crippen molar-refractivity contribution in [2.45, 2.75) is 0 Å². The molecule has 0 atom stereocenters. The number of hydrogen-bond acceptors (Lipinski definition) is 3. The van der Waals surface area contributed by atoms with Crippen LogP contribution in [0.3, 0.4) is 0 Å². The maximum atomic E-state index is 6.41. The Morgan fingerprint density at radius 1 is 0.327 bits per heavy atom. The number of furan rings is 2. The van der Waals surface area contributed by atoms with E-state index in [4.69, 9.17) is 8.83 Å². The first-order chi connectivity index (χ1) is 27.2. The topological polar surface area (TPSA) is 29.5 Å². The summed E-state index contributed by atoms with van der Waals surface area (Å²) in [6, 6.07) is 71.0. The van der Waals surface area contributed by atoms with E-state index < -0.39 is 0 Å². The molecule has 2 aromatic heterocycles. The fourth-order valence-electron chi connectivity index (χ4n) is 8.17. The predicted molar refractivity (Wildman–Crippen MR) is 229 cm³/mol. The molecule has 0 aliphatic carbocycles. The van der Waals surface area contributed by atoms with Crippen molar-refractivity contribution in [2.24, 2.45) is 0 Å². The SMILES string of the molecule is c1ccc(-c2ccc3cc(-c4ccc(N(c5ccc(-c6cccc7c6oc6ccccc67)cc5)c5cccc6oc7ccccc7c56)cc4)ccc3c2)cc1. The van der Waals surface area contributed by atoms with E-state index in [1.54, 1.807) is 0 Å². The lowest BCUT2D eigenvalue weighted by Crippen LogP contribution is -2.10. The zero-order valence-corrected chi connectivity index (χ0v) is 29.8. The van der Waals surface area contributed by atoms with E-state index in [1.165, 1.54) is 33.0 Å². The van der Waals surface area contributed by atoms with Gasteiger partial charge in [0.15, 0.2) is 0 Å². The molecular formula is C52H33NO2. The summed E-state index contributed by atoms with van der Waals surface area (Å²) in [7, 11) is 0. The molecule has 0 fully saturated rings. The summed E-state index contributed by atoms with van der Waals surface area (Å²) in [6.45, 7) is 0. The average molecular weight is 704 g/mol. The van der Waals surface area contributed by atoms with Crippen LogP contribution in [0, 0.1) is 0 Å². The monoisotopic (exact) mass is 703 g/mol. The third kappa shape index (κ3) is 5.28. The molecule has 258 valence electrons. The Morgan fingerprint density at radius 3 is 1.56 bits per heavy atom. The van der Waals surface area contributed by atoms with Gasteiger partial charge in [-0.05, 0) is 99.3 Å². The smallest absolute Gasteiger partial charge is 0.143 e. The minimum absolute atomic E-state index is 0.861. The van der Waals surface area contributed by atoms with Crippen molar-refractivity contribution in [2.75, 3.05) is 4.90 Å². The summed E-state index contributed by atoms with van der Waals surface area (Å²) in [4.78, 5) is 2.34. The highest BCUT2D eigenvalue weighted by Crippen LogP contribution is 2.44. The summed E-state index contributed by atoms with van der Waals surface area (Å²) in [6.07, 6.45) is 0. The molecule has 0 bridgehead atoms. The summed E-state index contributed by atoms with van der Waals surface area (Å²) < 4.78 is 12.8. The summed E-state index contributed by atoms with van der Waals surface area (Å²) in [5.41, 5.74) is 13.7. The first-order valence-corrected chi connectivity index (χ1v) is 18.7. The second-order valence-corrected chi connectivity index (χ2v) is 14.1. The molecule has 55 heavy (non-hydrogen) atoms. The molecule has 11 rings (SSSR count). The van der Waals surface area contributed by atoms with Gasteiger partial charge in [0.25, 0.3) is 0 Å². The minimum atomic E-state index is 0.861. The van der Waals surface area contributed by atoms with Gasteiger partial charge < -0.3 is 13.7 Å². The van der Waals surface area contributed by atoms with Gasteiger partial charge in [0.1, 0.15) is 22.3 Å². The van der Waals surface area contributed by atoms with Gasteiger partial charge in [-0.2, -0.15) is 0 Å². The van der Waals surface area contributed by atoms with Crippen molar-refractivity contribution < 1.29 is 8.83 Å². The number of hydrogen-bond donors (Lipinski definition) is 0. The summed E-state index contributed by atoms with van der Waals surface area (Å²) >= 11 is 0. The number of rotatable bonds is 6.